The van der Waals surface area contributed by atoms with Crippen LogP contribution in [0, 0.1) is 17.3 Å². The van der Waals surface area contributed by atoms with E-state index in [-0.39, 0.29) is 17.9 Å². The van der Waals surface area contributed by atoms with Crippen LogP contribution >= 0.6 is 0 Å². The van der Waals surface area contributed by atoms with Crippen molar-refractivity contribution in [3.8, 4) is 11.1 Å². The van der Waals surface area contributed by atoms with Crippen molar-refractivity contribution in [1.29, 1.82) is 0 Å². The summed E-state index contributed by atoms with van der Waals surface area (Å²) in [7, 11) is 0. The second-order valence-electron chi connectivity index (χ2n) is 7.95. The molecule has 4 nitrogen and oxygen atoms in total. The maximum atomic E-state index is 12.9. The zero-order valence-corrected chi connectivity index (χ0v) is 14.9. The molecule has 2 saturated carbocycles. The molecule has 0 saturated heterocycles. The second-order valence-corrected chi connectivity index (χ2v) is 7.95. The molecule has 4 rings (SSSR count). The topological polar surface area (TPSA) is 75.4 Å². The number of anilines is 1. The highest BCUT2D eigenvalue weighted by Crippen LogP contribution is 2.55. The average molecular weight is 350 g/mol. The number of benzene rings is 2. The van der Waals surface area contributed by atoms with E-state index < -0.39 is 0 Å². The summed E-state index contributed by atoms with van der Waals surface area (Å²) in [5.41, 5.74) is 8.90. The minimum Gasteiger partial charge on any atom is -0.399 e. The van der Waals surface area contributed by atoms with Gasteiger partial charge >= 0.3 is 0 Å². The van der Waals surface area contributed by atoms with Gasteiger partial charge in [0.25, 0.3) is 5.91 Å². The van der Waals surface area contributed by atoms with Crippen LogP contribution in [0.3, 0.4) is 0 Å². The summed E-state index contributed by atoms with van der Waals surface area (Å²) in [6.07, 6.45) is 4.68. The molecule has 2 aliphatic carbocycles. The molecule has 0 radical (unpaired) electrons. The molecule has 4 heteroatoms. The van der Waals surface area contributed by atoms with Gasteiger partial charge in [-0.3, -0.25) is 4.79 Å². The molecular formula is C22H26N2O2. The van der Waals surface area contributed by atoms with Gasteiger partial charge in [-0.25, -0.2) is 0 Å². The van der Waals surface area contributed by atoms with Crippen LogP contribution in [0.15, 0.2) is 48.5 Å². The highest BCUT2D eigenvalue weighted by molar-refractivity contribution is 6.01. The lowest BCUT2D eigenvalue weighted by Gasteiger charge is -2.36. The van der Waals surface area contributed by atoms with Crippen LogP contribution in [-0.2, 0) is 0 Å². The fraction of sp³-hybridized carbons (Fsp3) is 0.409. The van der Waals surface area contributed by atoms with Gasteiger partial charge in [-0.2, -0.15) is 0 Å². The van der Waals surface area contributed by atoms with E-state index in [4.69, 9.17) is 5.73 Å². The second kappa shape index (κ2) is 6.76. The van der Waals surface area contributed by atoms with E-state index in [2.05, 4.69) is 5.32 Å². The maximum Gasteiger partial charge on any atom is 0.251 e. The van der Waals surface area contributed by atoms with Crippen LogP contribution in [-0.4, -0.2) is 24.2 Å². The van der Waals surface area contributed by atoms with Crippen molar-refractivity contribution in [2.24, 2.45) is 17.3 Å². The number of amides is 1. The number of carbonyl (C=O) groups is 1. The number of aliphatic hydroxyl groups is 1. The Bertz CT molecular complexity index is 805. The molecule has 0 heterocycles. The van der Waals surface area contributed by atoms with Crippen molar-refractivity contribution in [3.05, 3.63) is 54.1 Å². The van der Waals surface area contributed by atoms with Crippen LogP contribution in [0.5, 0.6) is 0 Å². The quantitative estimate of drug-likeness (QED) is 0.723. The molecule has 2 fully saturated rings. The molecule has 3 unspecified atom stereocenters. The molecule has 2 aliphatic rings. The van der Waals surface area contributed by atoms with Gasteiger partial charge < -0.3 is 16.2 Å². The van der Waals surface area contributed by atoms with E-state index >= 15 is 0 Å². The Morgan fingerprint density at radius 1 is 1.19 bits per heavy atom. The number of aliphatic hydroxyl groups excluding tert-OH is 1. The van der Waals surface area contributed by atoms with Gasteiger partial charge in [0.1, 0.15) is 0 Å². The normalized spacial score (nSPS) is 26.8. The first-order valence-electron chi connectivity index (χ1n) is 9.45. The van der Waals surface area contributed by atoms with E-state index in [0.29, 0.717) is 23.7 Å². The SMILES string of the molecule is Nc1ccc(C(=O)NCC2(CO)CC3CCC2C3)c(-c2ccccc2)c1. The molecule has 0 spiro atoms. The van der Waals surface area contributed by atoms with Crippen LogP contribution in [0.25, 0.3) is 11.1 Å². The molecule has 136 valence electrons. The van der Waals surface area contributed by atoms with E-state index in [1.165, 1.54) is 19.3 Å². The van der Waals surface area contributed by atoms with Gasteiger partial charge in [-0.15, -0.1) is 0 Å². The Kier molecular flexibility index (Phi) is 4.45. The molecule has 2 aromatic rings. The molecule has 0 aliphatic heterocycles. The Labute approximate surface area is 154 Å². The standard InChI is InChI=1S/C22H26N2O2/c23-18-8-9-19(20(11-18)16-4-2-1-3-5-16)21(26)24-13-22(14-25)12-15-6-7-17(22)10-15/h1-5,8-9,11,15,17,25H,6-7,10,12-14,23H2,(H,24,26). The zero-order chi connectivity index (χ0) is 18.1. The van der Waals surface area contributed by atoms with Crippen molar-refractivity contribution in [3.63, 3.8) is 0 Å². The van der Waals surface area contributed by atoms with Crippen LogP contribution < -0.4 is 11.1 Å². The summed E-state index contributed by atoms with van der Waals surface area (Å²) >= 11 is 0. The summed E-state index contributed by atoms with van der Waals surface area (Å²) in [5.74, 6) is 1.16. The highest BCUT2D eigenvalue weighted by Gasteiger charge is 2.50. The summed E-state index contributed by atoms with van der Waals surface area (Å²) in [6.45, 7) is 0.698. The number of hydrogen-bond acceptors (Lipinski definition) is 3. The van der Waals surface area contributed by atoms with Crippen molar-refractivity contribution in [2.75, 3.05) is 18.9 Å². The lowest BCUT2D eigenvalue weighted by atomic mass is 9.73. The Morgan fingerprint density at radius 2 is 2.00 bits per heavy atom. The average Bonchev–Trinajstić information content (AvgIpc) is 3.28. The number of nitrogens with two attached hydrogens (primary N) is 1. The fourth-order valence-corrected chi connectivity index (χ4v) is 4.99. The Hall–Kier alpha value is -2.33. The number of hydrogen-bond donors (Lipinski definition) is 3. The fourth-order valence-electron chi connectivity index (χ4n) is 4.99. The van der Waals surface area contributed by atoms with Gasteiger partial charge in [0.15, 0.2) is 0 Å². The predicted molar refractivity (Wildman–Crippen MR) is 104 cm³/mol. The molecule has 1 amide bonds. The van der Waals surface area contributed by atoms with Crippen LogP contribution in [0.1, 0.15) is 36.0 Å². The lowest BCUT2D eigenvalue weighted by Crippen LogP contribution is -2.43. The molecule has 3 atom stereocenters. The maximum absolute atomic E-state index is 12.9. The van der Waals surface area contributed by atoms with Crippen molar-refractivity contribution in [2.45, 2.75) is 25.7 Å². The third kappa shape index (κ3) is 2.99. The third-order valence-corrected chi connectivity index (χ3v) is 6.39. The summed E-state index contributed by atoms with van der Waals surface area (Å²) < 4.78 is 0. The van der Waals surface area contributed by atoms with Crippen molar-refractivity contribution < 1.29 is 9.90 Å². The summed E-state index contributed by atoms with van der Waals surface area (Å²) in [6, 6.07) is 15.2. The number of carbonyl (C=O) groups excluding carboxylic acids is 1. The largest absolute Gasteiger partial charge is 0.399 e. The smallest absolute Gasteiger partial charge is 0.251 e. The minimum atomic E-state index is -0.140. The highest BCUT2D eigenvalue weighted by atomic mass is 16.3. The molecular weight excluding hydrogens is 324 g/mol. The lowest BCUT2D eigenvalue weighted by molar-refractivity contribution is 0.0597. The van der Waals surface area contributed by atoms with Gasteiger partial charge in [0.2, 0.25) is 0 Å². The summed E-state index contributed by atoms with van der Waals surface area (Å²) in [5, 5.41) is 13.1. The number of fused-ring (bicyclic) bond motifs is 2. The van der Waals surface area contributed by atoms with Gasteiger partial charge in [0.05, 0.1) is 6.61 Å². The van der Waals surface area contributed by atoms with Crippen LogP contribution in [0.4, 0.5) is 5.69 Å². The number of nitrogens with one attached hydrogen (secondary N) is 1. The predicted octanol–water partition coefficient (Wildman–Crippen LogP) is 3.46. The molecule has 2 bridgehead atoms. The first-order valence-corrected chi connectivity index (χ1v) is 9.45. The zero-order valence-electron chi connectivity index (χ0n) is 14.9. The Balaban J connectivity index is 1.55. The van der Waals surface area contributed by atoms with E-state index in [1.807, 2.05) is 36.4 Å². The number of nitrogen functional groups attached to an aromatic ring is 1. The molecule has 4 N–H and O–H groups in total. The van der Waals surface area contributed by atoms with Crippen LogP contribution in [0.2, 0.25) is 0 Å². The third-order valence-electron chi connectivity index (χ3n) is 6.39. The molecule has 0 aromatic heterocycles. The van der Waals surface area contributed by atoms with E-state index in [9.17, 15) is 9.90 Å². The first-order chi connectivity index (χ1) is 12.6. The van der Waals surface area contributed by atoms with Gasteiger partial charge in [0, 0.05) is 23.2 Å². The molecule has 2 aromatic carbocycles. The van der Waals surface area contributed by atoms with Gasteiger partial charge in [-0.05, 0) is 60.4 Å². The summed E-state index contributed by atoms with van der Waals surface area (Å²) in [4.78, 5) is 12.9. The molecule has 26 heavy (non-hydrogen) atoms. The van der Waals surface area contributed by atoms with E-state index in [1.54, 1.807) is 12.1 Å². The first kappa shape index (κ1) is 17.1. The monoisotopic (exact) mass is 350 g/mol. The van der Waals surface area contributed by atoms with E-state index in [0.717, 1.165) is 23.5 Å². The van der Waals surface area contributed by atoms with Gasteiger partial charge in [-0.1, -0.05) is 36.8 Å². The van der Waals surface area contributed by atoms with Crippen molar-refractivity contribution >= 4 is 11.6 Å². The number of rotatable bonds is 5. The van der Waals surface area contributed by atoms with Crippen molar-refractivity contribution in [1.82, 2.24) is 5.32 Å². The minimum absolute atomic E-state index is 0.0977. The Morgan fingerprint density at radius 3 is 2.65 bits per heavy atom.